The number of esters is 1. The minimum Gasteiger partial charge on any atom is -0.490 e. The van der Waals surface area contributed by atoms with Crippen LogP contribution in [0.4, 0.5) is 13.2 Å². The molecule has 0 aliphatic rings. The number of hydrogen-bond acceptors (Lipinski definition) is 4. The summed E-state index contributed by atoms with van der Waals surface area (Å²) in [6, 6.07) is 13.3. The normalized spacial score (nSPS) is 11.5. The summed E-state index contributed by atoms with van der Waals surface area (Å²) < 4.78 is 60.7. The average molecular weight is 721 g/mol. The van der Waals surface area contributed by atoms with Crippen molar-refractivity contribution in [1.29, 1.82) is 0 Å². The lowest BCUT2D eigenvalue weighted by Gasteiger charge is -2.15. The van der Waals surface area contributed by atoms with E-state index < -0.39 is 29.0 Å². The molecule has 0 radical (unpaired) electrons. The third kappa shape index (κ3) is 16.2. The van der Waals surface area contributed by atoms with Crippen LogP contribution in [0.2, 0.25) is 0 Å². The van der Waals surface area contributed by atoms with Gasteiger partial charge < -0.3 is 14.2 Å². The van der Waals surface area contributed by atoms with Gasteiger partial charge >= 0.3 is 5.97 Å². The van der Waals surface area contributed by atoms with E-state index in [1.165, 1.54) is 114 Å². The van der Waals surface area contributed by atoms with Gasteiger partial charge in [0.1, 0.15) is 5.75 Å². The van der Waals surface area contributed by atoms with Crippen molar-refractivity contribution in [2.24, 2.45) is 0 Å². The average Bonchev–Trinajstić information content (AvgIpc) is 3.14. The molecule has 0 saturated heterocycles. The number of unbranched alkanes of at least 4 members (excludes halogenated alkanes) is 16. The lowest BCUT2D eigenvalue weighted by Crippen LogP contribution is -2.12. The summed E-state index contributed by atoms with van der Waals surface area (Å²) in [5, 5.41) is 0. The van der Waals surface area contributed by atoms with Crippen LogP contribution in [0.3, 0.4) is 0 Å². The lowest BCUT2D eigenvalue weighted by molar-refractivity contribution is 0.0728. The minimum absolute atomic E-state index is 0.0756. The fraction of sp³-hybridized carbons (Fsp3) is 0.533. The van der Waals surface area contributed by atoms with Crippen molar-refractivity contribution < 1.29 is 32.2 Å². The summed E-state index contributed by atoms with van der Waals surface area (Å²) >= 11 is 0. The molecule has 3 aromatic rings. The monoisotopic (exact) mass is 720 g/mol. The van der Waals surface area contributed by atoms with Gasteiger partial charge in [-0.05, 0) is 80.8 Å². The molecule has 1 atom stereocenters. The van der Waals surface area contributed by atoms with Gasteiger partial charge in [-0.15, -0.1) is 0 Å². The van der Waals surface area contributed by atoms with Crippen LogP contribution in [0.15, 0.2) is 54.6 Å². The minimum atomic E-state index is -1.31. The van der Waals surface area contributed by atoms with Gasteiger partial charge in [-0.25, -0.2) is 13.6 Å². The number of carbonyl (C=O) groups excluding carboxylic acids is 1. The molecule has 0 saturated carbocycles. The first-order valence-corrected chi connectivity index (χ1v) is 19.7. The van der Waals surface area contributed by atoms with Crippen LogP contribution in [0.1, 0.15) is 164 Å². The molecule has 0 bridgehead atoms. The standard InChI is InChI=1S/C45H59F3O4/c1-4-6-8-10-11-12-13-14-15-16-17-18-19-21-33-50-42-32-30-39(43(47)44(42)48)45(49)52-38-28-25-36(26-29-38)23-24-37-27-31-41(40(46)34-37)51-35(3)22-20-9-7-5-2/h25-32,34-35H,4-22,33H2,1-3H3. The van der Waals surface area contributed by atoms with Gasteiger partial charge in [0.15, 0.2) is 23.1 Å². The quantitative estimate of drug-likeness (QED) is 0.0378. The molecule has 0 N–H and O–H groups in total. The van der Waals surface area contributed by atoms with Crippen LogP contribution in [-0.4, -0.2) is 18.7 Å². The number of hydrogen-bond donors (Lipinski definition) is 0. The maximum absolute atomic E-state index is 14.8. The van der Waals surface area contributed by atoms with Gasteiger partial charge in [0.2, 0.25) is 5.82 Å². The van der Waals surface area contributed by atoms with E-state index in [1.54, 1.807) is 24.3 Å². The molecule has 0 amide bonds. The lowest BCUT2D eigenvalue weighted by atomic mass is 10.0. The number of halogens is 3. The first-order chi connectivity index (χ1) is 25.3. The Hall–Kier alpha value is -3.92. The second kappa shape index (κ2) is 25.1. The van der Waals surface area contributed by atoms with E-state index >= 15 is 0 Å². The molecular weight excluding hydrogens is 661 g/mol. The molecule has 0 fully saturated rings. The molecule has 0 aromatic heterocycles. The van der Waals surface area contributed by atoms with Gasteiger partial charge in [-0.3, -0.25) is 0 Å². The van der Waals surface area contributed by atoms with Crippen molar-refractivity contribution in [3.8, 4) is 29.1 Å². The topological polar surface area (TPSA) is 44.8 Å². The smallest absolute Gasteiger partial charge is 0.346 e. The molecule has 284 valence electrons. The molecule has 7 heteroatoms. The van der Waals surface area contributed by atoms with Crippen molar-refractivity contribution in [3.05, 3.63) is 88.7 Å². The third-order valence-electron chi connectivity index (χ3n) is 9.16. The van der Waals surface area contributed by atoms with Crippen LogP contribution in [0, 0.1) is 29.3 Å². The number of carbonyl (C=O) groups is 1. The van der Waals surface area contributed by atoms with Crippen LogP contribution in [0.5, 0.6) is 17.2 Å². The van der Waals surface area contributed by atoms with E-state index in [-0.39, 0.29) is 30.0 Å². The summed E-state index contributed by atoms with van der Waals surface area (Å²) in [7, 11) is 0. The highest BCUT2D eigenvalue weighted by molar-refractivity contribution is 5.91. The third-order valence-corrected chi connectivity index (χ3v) is 9.16. The van der Waals surface area contributed by atoms with E-state index in [4.69, 9.17) is 14.2 Å². The van der Waals surface area contributed by atoms with E-state index in [9.17, 15) is 18.0 Å². The van der Waals surface area contributed by atoms with Crippen LogP contribution in [0.25, 0.3) is 0 Å². The van der Waals surface area contributed by atoms with Gasteiger partial charge in [0.25, 0.3) is 0 Å². The molecule has 3 aromatic carbocycles. The van der Waals surface area contributed by atoms with Crippen LogP contribution >= 0.6 is 0 Å². The van der Waals surface area contributed by atoms with Crippen LogP contribution in [-0.2, 0) is 0 Å². The Labute approximate surface area is 310 Å². The Bertz CT molecular complexity index is 1530. The van der Waals surface area contributed by atoms with E-state index in [0.29, 0.717) is 11.1 Å². The molecule has 3 rings (SSSR count). The summed E-state index contributed by atoms with van der Waals surface area (Å²) in [6.45, 7) is 6.64. The van der Waals surface area contributed by atoms with Gasteiger partial charge in [0.05, 0.1) is 18.3 Å². The van der Waals surface area contributed by atoms with E-state index in [0.717, 1.165) is 38.5 Å². The summed E-state index contributed by atoms with van der Waals surface area (Å²) in [6.07, 6.45) is 22.6. The first kappa shape index (κ1) is 42.5. The second-order valence-corrected chi connectivity index (χ2v) is 13.8. The highest BCUT2D eigenvalue weighted by Gasteiger charge is 2.21. The number of rotatable bonds is 25. The Morgan fingerprint density at radius 2 is 1.13 bits per heavy atom. The second-order valence-electron chi connectivity index (χ2n) is 13.8. The molecule has 0 heterocycles. The predicted molar refractivity (Wildman–Crippen MR) is 205 cm³/mol. The molecule has 4 nitrogen and oxygen atoms in total. The summed E-state index contributed by atoms with van der Waals surface area (Å²) in [5.74, 6) is 1.99. The van der Waals surface area contributed by atoms with E-state index in [1.807, 2.05) is 6.92 Å². The molecule has 52 heavy (non-hydrogen) atoms. The van der Waals surface area contributed by atoms with Crippen molar-refractivity contribution in [1.82, 2.24) is 0 Å². The predicted octanol–water partition coefficient (Wildman–Crippen LogP) is 13.3. The Morgan fingerprint density at radius 1 is 0.615 bits per heavy atom. The summed E-state index contributed by atoms with van der Waals surface area (Å²) in [4.78, 5) is 12.7. The van der Waals surface area contributed by atoms with Gasteiger partial charge in [-0.2, -0.15) is 4.39 Å². The Balaban J connectivity index is 1.37. The maximum Gasteiger partial charge on any atom is 0.346 e. The van der Waals surface area contributed by atoms with Gasteiger partial charge in [-0.1, -0.05) is 128 Å². The SMILES string of the molecule is CCCCCCCCCCCCCCCCOc1ccc(C(=O)Oc2ccc(C#Cc3ccc(OC(C)CCCCCC)c(F)c3)cc2)c(F)c1F. The largest absolute Gasteiger partial charge is 0.490 e. The van der Waals surface area contributed by atoms with Crippen molar-refractivity contribution in [2.75, 3.05) is 6.61 Å². The van der Waals surface area contributed by atoms with E-state index in [2.05, 4.69) is 25.7 Å². The van der Waals surface area contributed by atoms with Crippen LogP contribution < -0.4 is 14.2 Å². The van der Waals surface area contributed by atoms with Crippen molar-refractivity contribution >= 4 is 5.97 Å². The summed E-state index contributed by atoms with van der Waals surface area (Å²) in [5.41, 5.74) is 0.560. The zero-order chi connectivity index (χ0) is 37.4. The van der Waals surface area contributed by atoms with Crippen molar-refractivity contribution in [2.45, 2.75) is 149 Å². The molecule has 0 aliphatic carbocycles. The fourth-order valence-corrected chi connectivity index (χ4v) is 6.00. The zero-order valence-electron chi connectivity index (χ0n) is 31.7. The Kier molecular flexibility index (Phi) is 20.5. The molecule has 0 spiro atoms. The number of ether oxygens (including phenoxy) is 3. The molecule has 0 aliphatic heterocycles. The zero-order valence-corrected chi connectivity index (χ0v) is 31.7. The maximum atomic E-state index is 14.8. The highest BCUT2D eigenvalue weighted by Crippen LogP contribution is 2.25. The fourth-order valence-electron chi connectivity index (χ4n) is 6.00. The van der Waals surface area contributed by atoms with Crippen molar-refractivity contribution in [3.63, 3.8) is 0 Å². The first-order valence-electron chi connectivity index (χ1n) is 19.7. The Morgan fingerprint density at radius 3 is 1.73 bits per heavy atom. The van der Waals surface area contributed by atoms with Gasteiger partial charge in [0, 0.05) is 11.1 Å². The highest BCUT2D eigenvalue weighted by atomic mass is 19.2. The number of benzene rings is 3. The molecular formula is C45H59F3O4. The molecule has 1 unspecified atom stereocenters.